The van der Waals surface area contributed by atoms with Gasteiger partial charge in [0.15, 0.2) is 5.82 Å². The zero-order valence-electron chi connectivity index (χ0n) is 17.0. The summed E-state index contributed by atoms with van der Waals surface area (Å²) in [4.78, 5) is 65.4. The molecule has 0 radical (unpaired) electrons. The quantitative estimate of drug-likeness (QED) is 0.304. The van der Waals surface area contributed by atoms with E-state index >= 15 is 0 Å². The highest BCUT2D eigenvalue weighted by atomic mass is 16.2. The van der Waals surface area contributed by atoms with Crippen molar-refractivity contribution in [1.29, 1.82) is 0 Å². The van der Waals surface area contributed by atoms with E-state index in [4.69, 9.17) is 5.73 Å². The highest BCUT2D eigenvalue weighted by molar-refractivity contribution is 5.96. The lowest BCUT2D eigenvalue weighted by Gasteiger charge is -2.30. The monoisotopic (exact) mass is 441 g/mol. The van der Waals surface area contributed by atoms with Crippen LogP contribution in [-0.2, 0) is 14.4 Å². The van der Waals surface area contributed by atoms with Crippen LogP contribution in [0.4, 0.5) is 23.1 Å². The molecule has 2 amide bonds. The molecule has 32 heavy (non-hydrogen) atoms. The molecule has 2 aromatic rings. The maximum absolute atomic E-state index is 12.3. The highest BCUT2D eigenvalue weighted by Gasteiger charge is 2.24. The van der Waals surface area contributed by atoms with Crippen LogP contribution in [0.1, 0.15) is 23.2 Å². The Labute approximate surface area is 182 Å². The van der Waals surface area contributed by atoms with Crippen molar-refractivity contribution in [3.63, 3.8) is 0 Å². The van der Waals surface area contributed by atoms with Crippen LogP contribution in [0.15, 0.2) is 29.1 Å². The van der Waals surface area contributed by atoms with Gasteiger partial charge in [-0.15, -0.1) is 0 Å². The zero-order chi connectivity index (χ0) is 23.1. The normalized spacial score (nSPS) is 15.3. The molecule has 1 aliphatic heterocycles. The molecule has 1 aromatic carbocycles. The average molecular weight is 441 g/mol. The number of anilines is 4. The van der Waals surface area contributed by atoms with Crippen LogP contribution in [0.5, 0.6) is 0 Å². The number of nitrogen functional groups attached to an aromatic ring is 1. The Morgan fingerprint density at radius 2 is 2.03 bits per heavy atom. The Bertz CT molecular complexity index is 1050. The summed E-state index contributed by atoms with van der Waals surface area (Å²) in [5.74, 6) is -0.112. The van der Waals surface area contributed by atoms with Crippen molar-refractivity contribution in [2.45, 2.75) is 24.9 Å². The standard InChI is InChI=1S/C20H23N7O5/c21-20-25-17-16(19(32)26-20)23-14(8-22-17)9-27(11-30)15-5-3-12(4-6-15)18(31)24-13(10-29)2-1-7-28/h3-7,10-11,13-14,23H,1-2,8-9H2,(H,24,31)(H4,21,22,25,26,32). The van der Waals surface area contributed by atoms with E-state index in [0.29, 0.717) is 42.6 Å². The number of rotatable bonds is 10. The number of benzene rings is 1. The van der Waals surface area contributed by atoms with Crippen molar-refractivity contribution < 1.29 is 19.2 Å². The molecule has 0 saturated carbocycles. The lowest BCUT2D eigenvalue weighted by atomic mass is 10.1. The molecule has 6 N–H and O–H groups in total. The largest absolute Gasteiger partial charge is 0.371 e. The van der Waals surface area contributed by atoms with Gasteiger partial charge in [0.2, 0.25) is 12.4 Å². The number of hydrogen-bond acceptors (Lipinski definition) is 9. The smallest absolute Gasteiger partial charge is 0.277 e. The summed E-state index contributed by atoms with van der Waals surface area (Å²) >= 11 is 0. The first-order valence-corrected chi connectivity index (χ1v) is 9.87. The number of carbonyl (C=O) groups excluding carboxylic acids is 4. The number of carbonyl (C=O) groups is 4. The summed E-state index contributed by atoms with van der Waals surface area (Å²) < 4.78 is 0. The number of H-pyrrole nitrogens is 1. The van der Waals surface area contributed by atoms with Crippen molar-refractivity contribution in [3.8, 4) is 0 Å². The van der Waals surface area contributed by atoms with Gasteiger partial charge >= 0.3 is 0 Å². The Hall–Kier alpha value is -4.22. The van der Waals surface area contributed by atoms with Crippen LogP contribution >= 0.6 is 0 Å². The SMILES string of the molecule is Nc1nc2c(c(=O)[nH]1)NC(CN(C=O)c1ccc(C(=O)NC(C=O)CCC=O)cc1)CN2. The van der Waals surface area contributed by atoms with Gasteiger partial charge in [0, 0.05) is 30.8 Å². The van der Waals surface area contributed by atoms with Crippen molar-refractivity contribution in [2.24, 2.45) is 0 Å². The molecule has 0 spiro atoms. The number of aromatic nitrogens is 2. The van der Waals surface area contributed by atoms with Crippen LogP contribution in [-0.4, -0.2) is 60.0 Å². The number of nitrogens with zero attached hydrogens (tertiary/aromatic N) is 2. The van der Waals surface area contributed by atoms with E-state index < -0.39 is 17.5 Å². The van der Waals surface area contributed by atoms with E-state index in [1.165, 1.54) is 17.0 Å². The molecule has 2 atom stereocenters. The van der Waals surface area contributed by atoms with Gasteiger partial charge in [0.25, 0.3) is 11.5 Å². The van der Waals surface area contributed by atoms with E-state index in [1.807, 2.05) is 0 Å². The predicted molar refractivity (Wildman–Crippen MR) is 118 cm³/mol. The van der Waals surface area contributed by atoms with Gasteiger partial charge in [0.1, 0.15) is 18.3 Å². The summed E-state index contributed by atoms with van der Waals surface area (Å²) in [7, 11) is 0. The number of nitrogens with two attached hydrogens (primary N) is 1. The molecule has 2 heterocycles. The fraction of sp³-hybridized carbons (Fsp3) is 0.300. The van der Waals surface area contributed by atoms with Gasteiger partial charge in [-0.3, -0.25) is 19.4 Å². The topological polar surface area (TPSA) is 179 Å². The molecule has 0 bridgehead atoms. The second-order valence-corrected chi connectivity index (χ2v) is 7.16. The summed E-state index contributed by atoms with van der Waals surface area (Å²) in [6.07, 6.45) is 2.32. The summed E-state index contributed by atoms with van der Waals surface area (Å²) in [5.41, 5.74) is 6.21. The average Bonchev–Trinajstić information content (AvgIpc) is 2.80. The lowest BCUT2D eigenvalue weighted by molar-refractivity contribution is -0.110. The number of fused-ring (bicyclic) bond motifs is 1. The van der Waals surface area contributed by atoms with E-state index in [9.17, 15) is 24.0 Å². The third-order valence-corrected chi connectivity index (χ3v) is 4.88. The fourth-order valence-electron chi connectivity index (χ4n) is 3.26. The van der Waals surface area contributed by atoms with Crippen LogP contribution in [0.2, 0.25) is 0 Å². The van der Waals surface area contributed by atoms with E-state index in [0.717, 1.165) is 0 Å². The maximum atomic E-state index is 12.3. The van der Waals surface area contributed by atoms with E-state index in [1.54, 1.807) is 12.1 Å². The number of hydrogen-bond donors (Lipinski definition) is 5. The molecule has 2 unspecified atom stereocenters. The van der Waals surface area contributed by atoms with Crippen molar-refractivity contribution in [1.82, 2.24) is 15.3 Å². The number of aromatic amines is 1. The summed E-state index contributed by atoms with van der Waals surface area (Å²) in [5, 5.41) is 8.62. The lowest BCUT2D eigenvalue weighted by Crippen LogP contribution is -2.44. The van der Waals surface area contributed by atoms with Crippen LogP contribution in [0.3, 0.4) is 0 Å². The number of amides is 2. The van der Waals surface area contributed by atoms with Gasteiger partial charge in [0.05, 0.1) is 12.1 Å². The molecule has 0 saturated heterocycles. The van der Waals surface area contributed by atoms with Crippen molar-refractivity contribution >= 4 is 48.0 Å². The van der Waals surface area contributed by atoms with E-state index in [-0.39, 0.29) is 37.1 Å². The van der Waals surface area contributed by atoms with Gasteiger partial charge in [-0.1, -0.05) is 0 Å². The third kappa shape index (κ3) is 5.28. The Kier molecular flexibility index (Phi) is 7.16. The molecule has 168 valence electrons. The molecule has 0 aliphatic carbocycles. The molecule has 3 rings (SSSR count). The second-order valence-electron chi connectivity index (χ2n) is 7.16. The minimum Gasteiger partial charge on any atom is -0.371 e. The Morgan fingerprint density at radius 3 is 2.69 bits per heavy atom. The first kappa shape index (κ1) is 22.5. The fourth-order valence-corrected chi connectivity index (χ4v) is 3.26. The molecular weight excluding hydrogens is 418 g/mol. The molecule has 1 aromatic heterocycles. The third-order valence-electron chi connectivity index (χ3n) is 4.88. The summed E-state index contributed by atoms with van der Waals surface area (Å²) in [6.45, 7) is 0.645. The number of nitrogens with one attached hydrogen (secondary N) is 4. The first-order valence-electron chi connectivity index (χ1n) is 9.87. The van der Waals surface area contributed by atoms with E-state index in [2.05, 4.69) is 25.9 Å². The van der Waals surface area contributed by atoms with Crippen LogP contribution < -0.4 is 32.1 Å². The maximum Gasteiger partial charge on any atom is 0.277 e. The molecule has 0 fully saturated rings. The minimum atomic E-state index is -0.750. The highest BCUT2D eigenvalue weighted by Crippen LogP contribution is 2.21. The van der Waals surface area contributed by atoms with Gasteiger partial charge in [-0.2, -0.15) is 4.98 Å². The first-order chi connectivity index (χ1) is 15.4. The van der Waals surface area contributed by atoms with Crippen LogP contribution in [0, 0.1) is 0 Å². The Balaban J connectivity index is 1.65. The molecule has 12 nitrogen and oxygen atoms in total. The summed E-state index contributed by atoms with van der Waals surface area (Å²) in [6, 6.07) is 5.23. The molecule has 1 aliphatic rings. The van der Waals surface area contributed by atoms with Crippen molar-refractivity contribution in [2.75, 3.05) is 34.4 Å². The second kappa shape index (κ2) is 10.2. The number of aldehydes is 2. The van der Waals surface area contributed by atoms with Gasteiger partial charge < -0.3 is 36.2 Å². The zero-order valence-corrected chi connectivity index (χ0v) is 17.0. The molecular formula is C20H23N7O5. The predicted octanol–water partition coefficient (Wildman–Crippen LogP) is -0.502. The minimum absolute atomic E-state index is 0.00310. The Morgan fingerprint density at radius 1 is 1.28 bits per heavy atom. The van der Waals surface area contributed by atoms with Gasteiger partial charge in [-0.05, 0) is 30.7 Å². The molecule has 12 heteroatoms. The van der Waals surface area contributed by atoms with Crippen LogP contribution in [0.25, 0.3) is 0 Å². The van der Waals surface area contributed by atoms with Gasteiger partial charge in [-0.25, -0.2) is 0 Å². The van der Waals surface area contributed by atoms with Crippen molar-refractivity contribution in [3.05, 3.63) is 40.2 Å².